The van der Waals surface area contributed by atoms with Crippen LogP contribution in [0.4, 0.5) is 11.4 Å². The molecule has 1 aliphatic heterocycles. The van der Waals surface area contributed by atoms with Gasteiger partial charge < -0.3 is 10.2 Å². The number of anilines is 2. The Morgan fingerprint density at radius 3 is 2.30 bits per heavy atom. The van der Waals surface area contributed by atoms with Crippen molar-refractivity contribution in [3.8, 4) is 0 Å². The molecule has 1 N–H and O–H groups in total. The van der Waals surface area contributed by atoms with Gasteiger partial charge in [0.15, 0.2) is 0 Å². The van der Waals surface area contributed by atoms with E-state index in [2.05, 4.69) is 27.3 Å². The van der Waals surface area contributed by atoms with Crippen molar-refractivity contribution in [1.29, 1.82) is 0 Å². The molecule has 4 nitrogen and oxygen atoms in total. The number of nitrogens with one attached hydrogen (secondary N) is 1. The summed E-state index contributed by atoms with van der Waals surface area (Å²) in [4.78, 5) is 18.3. The van der Waals surface area contributed by atoms with E-state index < -0.39 is 0 Å². The van der Waals surface area contributed by atoms with Crippen molar-refractivity contribution in [2.45, 2.75) is 12.8 Å². The fourth-order valence-electron chi connectivity index (χ4n) is 2.44. The Morgan fingerprint density at radius 1 is 1.00 bits per heavy atom. The van der Waals surface area contributed by atoms with E-state index >= 15 is 0 Å². The highest BCUT2D eigenvalue weighted by Crippen LogP contribution is 2.22. The zero-order valence-corrected chi connectivity index (χ0v) is 11.2. The van der Waals surface area contributed by atoms with Gasteiger partial charge in [0.25, 0.3) is 5.91 Å². The summed E-state index contributed by atoms with van der Waals surface area (Å²) < 4.78 is 0. The molecule has 0 saturated carbocycles. The SMILES string of the molecule is O=C(Nc1ccc(N2CCCC2)cc1)c1ccncc1. The van der Waals surface area contributed by atoms with Crippen molar-refractivity contribution in [3.05, 3.63) is 54.4 Å². The molecule has 0 radical (unpaired) electrons. The van der Waals surface area contributed by atoms with E-state index in [0.29, 0.717) is 5.56 Å². The number of carbonyl (C=O) groups is 1. The van der Waals surface area contributed by atoms with Crippen molar-refractivity contribution in [2.24, 2.45) is 0 Å². The Balaban J connectivity index is 1.67. The van der Waals surface area contributed by atoms with Crippen LogP contribution in [-0.2, 0) is 0 Å². The molecule has 0 aliphatic carbocycles. The quantitative estimate of drug-likeness (QED) is 0.930. The predicted molar refractivity (Wildman–Crippen MR) is 80.1 cm³/mol. The zero-order valence-electron chi connectivity index (χ0n) is 11.2. The molecule has 1 saturated heterocycles. The third-order valence-electron chi connectivity index (χ3n) is 3.54. The van der Waals surface area contributed by atoms with E-state index in [-0.39, 0.29) is 5.91 Å². The molecule has 2 aromatic rings. The summed E-state index contributed by atoms with van der Waals surface area (Å²) in [7, 11) is 0. The normalized spacial score (nSPS) is 14.3. The number of pyridine rings is 1. The van der Waals surface area contributed by atoms with Crippen molar-refractivity contribution < 1.29 is 4.79 Å². The minimum Gasteiger partial charge on any atom is -0.372 e. The maximum absolute atomic E-state index is 12.0. The lowest BCUT2D eigenvalue weighted by atomic mass is 10.2. The molecule has 0 spiro atoms. The predicted octanol–water partition coefficient (Wildman–Crippen LogP) is 2.93. The van der Waals surface area contributed by atoms with Gasteiger partial charge in [-0.15, -0.1) is 0 Å². The molecule has 0 unspecified atom stereocenters. The maximum Gasteiger partial charge on any atom is 0.255 e. The molecule has 1 aromatic carbocycles. The summed E-state index contributed by atoms with van der Waals surface area (Å²) in [6.07, 6.45) is 5.76. The smallest absolute Gasteiger partial charge is 0.255 e. The first-order valence-electron chi connectivity index (χ1n) is 6.89. The van der Waals surface area contributed by atoms with E-state index in [0.717, 1.165) is 18.8 Å². The van der Waals surface area contributed by atoms with Gasteiger partial charge in [-0.1, -0.05) is 0 Å². The number of rotatable bonds is 3. The molecular weight excluding hydrogens is 250 g/mol. The first kappa shape index (κ1) is 12.7. The first-order valence-corrected chi connectivity index (χ1v) is 6.89. The van der Waals surface area contributed by atoms with Crippen LogP contribution in [0.2, 0.25) is 0 Å². The molecule has 0 atom stereocenters. The minimum absolute atomic E-state index is 0.110. The Bertz CT molecular complexity index is 574. The minimum atomic E-state index is -0.110. The van der Waals surface area contributed by atoms with Crippen molar-refractivity contribution in [1.82, 2.24) is 4.98 Å². The van der Waals surface area contributed by atoms with Crippen LogP contribution in [0.25, 0.3) is 0 Å². The lowest BCUT2D eigenvalue weighted by Gasteiger charge is -2.17. The Labute approximate surface area is 118 Å². The average Bonchev–Trinajstić information content (AvgIpc) is 3.03. The molecule has 20 heavy (non-hydrogen) atoms. The zero-order chi connectivity index (χ0) is 13.8. The average molecular weight is 267 g/mol. The molecule has 1 fully saturated rings. The molecule has 1 amide bonds. The largest absolute Gasteiger partial charge is 0.372 e. The lowest BCUT2D eigenvalue weighted by Crippen LogP contribution is -2.17. The molecule has 1 aliphatic rings. The van der Waals surface area contributed by atoms with Crippen molar-refractivity contribution >= 4 is 17.3 Å². The highest BCUT2D eigenvalue weighted by molar-refractivity contribution is 6.04. The van der Waals surface area contributed by atoms with E-state index in [9.17, 15) is 4.79 Å². The summed E-state index contributed by atoms with van der Waals surface area (Å²) in [5.41, 5.74) is 2.66. The van der Waals surface area contributed by atoms with Gasteiger partial charge in [-0.25, -0.2) is 0 Å². The molecule has 0 bridgehead atoms. The molecule has 3 rings (SSSR count). The summed E-state index contributed by atoms with van der Waals surface area (Å²) in [5.74, 6) is -0.110. The molecular formula is C16H17N3O. The van der Waals surface area contributed by atoms with Crippen LogP contribution in [0.3, 0.4) is 0 Å². The van der Waals surface area contributed by atoms with E-state index in [1.807, 2.05) is 12.1 Å². The Kier molecular flexibility index (Phi) is 3.63. The number of hydrogen-bond donors (Lipinski definition) is 1. The third kappa shape index (κ3) is 2.79. The third-order valence-corrected chi connectivity index (χ3v) is 3.54. The molecule has 102 valence electrons. The standard InChI is InChI=1S/C16H17N3O/c20-16(13-7-9-17-10-8-13)18-14-3-5-15(6-4-14)19-11-1-2-12-19/h3-10H,1-2,11-12H2,(H,18,20). The fraction of sp³-hybridized carbons (Fsp3) is 0.250. The van der Waals surface area contributed by atoms with Gasteiger partial charge in [0.05, 0.1) is 0 Å². The second-order valence-electron chi connectivity index (χ2n) is 4.93. The first-order chi connectivity index (χ1) is 9.83. The van der Waals surface area contributed by atoms with Gasteiger partial charge in [-0.2, -0.15) is 0 Å². The van der Waals surface area contributed by atoms with Gasteiger partial charge >= 0.3 is 0 Å². The number of nitrogens with zero attached hydrogens (tertiary/aromatic N) is 2. The number of benzene rings is 1. The van der Waals surface area contributed by atoms with E-state index in [4.69, 9.17) is 0 Å². The maximum atomic E-state index is 12.0. The van der Waals surface area contributed by atoms with E-state index in [1.54, 1.807) is 24.5 Å². The molecule has 4 heteroatoms. The Hall–Kier alpha value is -2.36. The van der Waals surface area contributed by atoms with Gasteiger partial charge in [0, 0.05) is 42.4 Å². The molecule has 1 aromatic heterocycles. The van der Waals surface area contributed by atoms with Crippen LogP contribution < -0.4 is 10.2 Å². The van der Waals surface area contributed by atoms with Crippen LogP contribution in [0.1, 0.15) is 23.2 Å². The fourth-order valence-corrected chi connectivity index (χ4v) is 2.44. The van der Waals surface area contributed by atoms with Gasteiger partial charge in [0.2, 0.25) is 0 Å². The summed E-state index contributed by atoms with van der Waals surface area (Å²) >= 11 is 0. The number of aromatic nitrogens is 1. The summed E-state index contributed by atoms with van der Waals surface area (Å²) in [6, 6.07) is 11.4. The van der Waals surface area contributed by atoms with Crippen molar-refractivity contribution in [3.63, 3.8) is 0 Å². The van der Waals surface area contributed by atoms with Crippen LogP contribution in [-0.4, -0.2) is 24.0 Å². The number of carbonyl (C=O) groups excluding carboxylic acids is 1. The van der Waals surface area contributed by atoms with E-state index in [1.165, 1.54) is 18.5 Å². The molecule has 2 heterocycles. The van der Waals surface area contributed by atoms with Gasteiger partial charge in [-0.3, -0.25) is 9.78 Å². The van der Waals surface area contributed by atoms with Crippen LogP contribution >= 0.6 is 0 Å². The van der Waals surface area contributed by atoms with Crippen LogP contribution in [0.5, 0.6) is 0 Å². The lowest BCUT2D eigenvalue weighted by molar-refractivity contribution is 0.102. The highest BCUT2D eigenvalue weighted by atomic mass is 16.1. The summed E-state index contributed by atoms with van der Waals surface area (Å²) in [6.45, 7) is 2.26. The van der Waals surface area contributed by atoms with Gasteiger partial charge in [-0.05, 0) is 49.2 Å². The monoisotopic (exact) mass is 267 g/mol. The summed E-state index contributed by atoms with van der Waals surface area (Å²) in [5, 5.41) is 2.89. The van der Waals surface area contributed by atoms with Crippen LogP contribution in [0, 0.1) is 0 Å². The topological polar surface area (TPSA) is 45.2 Å². The van der Waals surface area contributed by atoms with Crippen LogP contribution in [0.15, 0.2) is 48.8 Å². The number of hydrogen-bond acceptors (Lipinski definition) is 3. The van der Waals surface area contributed by atoms with Crippen molar-refractivity contribution in [2.75, 3.05) is 23.3 Å². The Morgan fingerprint density at radius 2 is 1.65 bits per heavy atom. The second kappa shape index (κ2) is 5.74. The highest BCUT2D eigenvalue weighted by Gasteiger charge is 2.12. The van der Waals surface area contributed by atoms with Gasteiger partial charge in [0.1, 0.15) is 0 Å². The number of amides is 1. The second-order valence-corrected chi connectivity index (χ2v) is 4.93.